The predicted octanol–water partition coefficient (Wildman–Crippen LogP) is 2.48. The number of nitrogens with zero attached hydrogens (tertiary/aromatic N) is 5. The maximum atomic E-state index is 12.4. The Labute approximate surface area is 154 Å². The van der Waals surface area contributed by atoms with Crippen molar-refractivity contribution in [1.29, 1.82) is 0 Å². The van der Waals surface area contributed by atoms with Crippen molar-refractivity contribution < 1.29 is 8.42 Å². The fourth-order valence-electron chi connectivity index (χ4n) is 2.16. The third kappa shape index (κ3) is 3.78. The fraction of sp³-hybridized carbons (Fsp3) is 0.214. The summed E-state index contributed by atoms with van der Waals surface area (Å²) in [7, 11) is -2.15. The summed E-state index contributed by atoms with van der Waals surface area (Å²) in [6.07, 6.45) is 2.70. The van der Waals surface area contributed by atoms with E-state index in [1.54, 1.807) is 32.2 Å². The Morgan fingerprint density at radius 3 is 2.68 bits per heavy atom. The Morgan fingerprint density at radius 1 is 1.28 bits per heavy atom. The van der Waals surface area contributed by atoms with E-state index in [0.717, 1.165) is 5.56 Å². The highest BCUT2D eigenvalue weighted by atomic mass is 35.5. The van der Waals surface area contributed by atoms with E-state index >= 15 is 0 Å². The second kappa shape index (κ2) is 6.66. The number of halogens is 2. The number of aryl methyl sites for hydroxylation is 1. The number of nitrogens with one attached hydrogen (secondary N) is 1. The van der Waals surface area contributed by atoms with Gasteiger partial charge >= 0.3 is 0 Å². The minimum atomic E-state index is -3.81. The van der Waals surface area contributed by atoms with Gasteiger partial charge in [-0.1, -0.05) is 29.3 Å². The summed E-state index contributed by atoms with van der Waals surface area (Å²) in [5.74, 6) is -0.0339. The highest BCUT2D eigenvalue weighted by molar-refractivity contribution is 7.92. The van der Waals surface area contributed by atoms with E-state index in [4.69, 9.17) is 23.2 Å². The Balaban J connectivity index is 1.78. The van der Waals surface area contributed by atoms with Crippen LogP contribution in [-0.4, -0.2) is 33.0 Å². The van der Waals surface area contributed by atoms with Crippen LogP contribution in [0.3, 0.4) is 0 Å². The molecule has 11 heteroatoms. The van der Waals surface area contributed by atoms with Crippen molar-refractivity contribution in [1.82, 2.24) is 24.5 Å². The summed E-state index contributed by atoms with van der Waals surface area (Å²) in [5.41, 5.74) is 1.30. The van der Waals surface area contributed by atoms with Gasteiger partial charge in [0.1, 0.15) is 11.2 Å². The van der Waals surface area contributed by atoms with E-state index in [2.05, 4.69) is 19.9 Å². The average Bonchev–Trinajstić information content (AvgIpc) is 3.09. The first-order valence-electron chi connectivity index (χ1n) is 7.11. The number of hydrogen-bond acceptors (Lipinski definition) is 5. The van der Waals surface area contributed by atoms with Crippen molar-refractivity contribution in [3.8, 4) is 0 Å². The van der Waals surface area contributed by atoms with Crippen LogP contribution in [0.4, 0.5) is 5.95 Å². The first kappa shape index (κ1) is 17.7. The van der Waals surface area contributed by atoms with Crippen LogP contribution in [0.5, 0.6) is 0 Å². The van der Waals surface area contributed by atoms with Gasteiger partial charge in [-0.25, -0.2) is 17.8 Å². The number of anilines is 1. The van der Waals surface area contributed by atoms with Gasteiger partial charge in [0, 0.05) is 17.1 Å². The van der Waals surface area contributed by atoms with Crippen molar-refractivity contribution in [2.24, 2.45) is 7.05 Å². The monoisotopic (exact) mass is 400 g/mol. The van der Waals surface area contributed by atoms with Crippen molar-refractivity contribution in [2.45, 2.75) is 18.4 Å². The zero-order valence-electron chi connectivity index (χ0n) is 13.3. The zero-order chi connectivity index (χ0) is 18.2. The summed E-state index contributed by atoms with van der Waals surface area (Å²) >= 11 is 12.0. The highest BCUT2D eigenvalue weighted by Crippen LogP contribution is 2.22. The molecule has 0 fully saturated rings. The van der Waals surface area contributed by atoms with Gasteiger partial charge in [-0.05, 0) is 24.6 Å². The van der Waals surface area contributed by atoms with Crippen LogP contribution in [0.15, 0.2) is 35.6 Å². The molecule has 3 rings (SSSR count). The SMILES string of the molecule is Cc1c(S(=O)(=O)Nc2ncn(Cc3ccc(Cl)cc3Cl)n2)cnn1C. The van der Waals surface area contributed by atoms with Crippen LogP contribution in [0.1, 0.15) is 11.3 Å². The Morgan fingerprint density at radius 2 is 2.04 bits per heavy atom. The molecule has 0 saturated heterocycles. The molecular formula is C14H14Cl2N6O2S. The van der Waals surface area contributed by atoms with Crippen LogP contribution >= 0.6 is 23.2 Å². The lowest BCUT2D eigenvalue weighted by Gasteiger charge is -2.05. The molecule has 8 nitrogen and oxygen atoms in total. The molecule has 0 aliphatic carbocycles. The van der Waals surface area contributed by atoms with Crippen molar-refractivity contribution in [3.63, 3.8) is 0 Å². The van der Waals surface area contributed by atoms with Gasteiger partial charge in [0.05, 0.1) is 18.4 Å². The first-order valence-corrected chi connectivity index (χ1v) is 9.35. The molecule has 0 atom stereocenters. The normalized spacial score (nSPS) is 11.7. The smallest absolute Gasteiger partial charge is 0.267 e. The minimum Gasteiger partial charge on any atom is -0.272 e. The van der Waals surface area contributed by atoms with Crippen LogP contribution in [0.25, 0.3) is 0 Å². The second-order valence-corrected chi connectivity index (χ2v) is 7.82. The van der Waals surface area contributed by atoms with Crippen molar-refractivity contribution >= 4 is 39.2 Å². The number of sulfonamides is 1. The van der Waals surface area contributed by atoms with Gasteiger partial charge in [-0.15, -0.1) is 5.10 Å². The number of aromatic nitrogens is 5. The van der Waals surface area contributed by atoms with Gasteiger partial charge < -0.3 is 0 Å². The van der Waals surface area contributed by atoms with Crippen LogP contribution in [0.2, 0.25) is 10.0 Å². The molecule has 0 aliphatic rings. The third-order valence-corrected chi connectivity index (χ3v) is 5.61. The van der Waals surface area contributed by atoms with Gasteiger partial charge in [-0.2, -0.15) is 10.1 Å². The van der Waals surface area contributed by atoms with E-state index in [-0.39, 0.29) is 10.8 Å². The number of hydrogen-bond donors (Lipinski definition) is 1. The molecule has 2 heterocycles. The van der Waals surface area contributed by atoms with E-state index in [9.17, 15) is 8.42 Å². The first-order chi connectivity index (χ1) is 11.8. The van der Waals surface area contributed by atoms with Gasteiger partial charge in [-0.3, -0.25) is 4.68 Å². The molecule has 1 aromatic carbocycles. The van der Waals surface area contributed by atoms with Gasteiger partial charge in [0.2, 0.25) is 0 Å². The quantitative estimate of drug-likeness (QED) is 0.709. The molecule has 132 valence electrons. The molecule has 3 aromatic rings. The number of benzene rings is 1. The van der Waals surface area contributed by atoms with Crippen LogP contribution in [0, 0.1) is 6.92 Å². The highest BCUT2D eigenvalue weighted by Gasteiger charge is 2.21. The molecule has 2 aromatic heterocycles. The second-order valence-electron chi connectivity index (χ2n) is 5.32. The largest absolute Gasteiger partial charge is 0.272 e. The van der Waals surface area contributed by atoms with Crippen molar-refractivity contribution in [3.05, 3.63) is 52.0 Å². The van der Waals surface area contributed by atoms with E-state index in [1.807, 2.05) is 0 Å². The van der Waals surface area contributed by atoms with E-state index in [0.29, 0.717) is 22.3 Å². The maximum absolute atomic E-state index is 12.4. The summed E-state index contributed by atoms with van der Waals surface area (Å²) < 4.78 is 30.1. The van der Waals surface area contributed by atoms with Crippen molar-refractivity contribution in [2.75, 3.05) is 4.72 Å². The molecule has 0 aliphatic heterocycles. The summed E-state index contributed by atoms with van der Waals surface area (Å²) in [4.78, 5) is 4.05. The summed E-state index contributed by atoms with van der Waals surface area (Å²) in [5, 5.41) is 9.07. The lowest BCUT2D eigenvalue weighted by molar-refractivity contribution is 0.599. The van der Waals surface area contributed by atoms with E-state index < -0.39 is 10.0 Å². The summed E-state index contributed by atoms with van der Waals surface area (Å²) in [6, 6.07) is 5.12. The lowest BCUT2D eigenvalue weighted by Crippen LogP contribution is -2.15. The molecule has 0 amide bonds. The van der Waals surface area contributed by atoms with Crippen LogP contribution in [-0.2, 0) is 23.6 Å². The molecule has 0 saturated carbocycles. The van der Waals surface area contributed by atoms with Gasteiger partial charge in [0.25, 0.3) is 16.0 Å². The van der Waals surface area contributed by atoms with Gasteiger partial charge in [0.15, 0.2) is 0 Å². The topological polar surface area (TPSA) is 94.7 Å². The Bertz CT molecular complexity index is 1030. The molecule has 0 bridgehead atoms. The Kier molecular flexibility index (Phi) is 4.72. The average molecular weight is 401 g/mol. The lowest BCUT2D eigenvalue weighted by atomic mass is 10.2. The predicted molar refractivity (Wildman–Crippen MR) is 94.3 cm³/mol. The molecule has 0 radical (unpaired) electrons. The number of rotatable bonds is 5. The molecular weight excluding hydrogens is 387 g/mol. The van der Waals surface area contributed by atoms with E-state index in [1.165, 1.54) is 21.9 Å². The molecule has 1 N–H and O–H groups in total. The minimum absolute atomic E-state index is 0.0339. The standard InChI is InChI=1S/C14H14Cl2N6O2S/c1-9-13(6-18-21(9)2)25(23,24)20-14-17-8-22(19-14)7-10-3-4-11(15)5-12(10)16/h3-6,8H,7H2,1-2H3,(H,19,20). The molecule has 0 spiro atoms. The molecule has 25 heavy (non-hydrogen) atoms. The fourth-order valence-corrected chi connectivity index (χ4v) is 3.78. The summed E-state index contributed by atoms with van der Waals surface area (Å²) in [6.45, 7) is 1.99. The zero-order valence-corrected chi connectivity index (χ0v) is 15.6. The maximum Gasteiger partial charge on any atom is 0.267 e. The third-order valence-electron chi connectivity index (χ3n) is 3.59. The molecule has 0 unspecified atom stereocenters. The van der Waals surface area contributed by atoms with Crippen LogP contribution < -0.4 is 4.72 Å². The Hall–Kier alpha value is -2.10.